The van der Waals surface area contributed by atoms with Crippen LogP contribution in [0, 0.1) is 0 Å². The Morgan fingerprint density at radius 3 is 2.95 bits per heavy atom. The molecule has 0 fully saturated rings. The molecule has 0 unspecified atom stereocenters. The first kappa shape index (κ1) is 14.8. The Kier molecular flexibility index (Phi) is 5.37. The molecular formula is C13H15N3O2S2. The molecule has 0 spiro atoms. The number of benzene rings is 1. The third-order valence-corrected chi connectivity index (χ3v) is 4.41. The highest BCUT2D eigenvalue weighted by Crippen LogP contribution is 2.31. The van der Waals surface area contributed by atoms with Crippen molar-refractivity contribution in [2.45, 2.75) is 17.7 Å². The van der Waals surface area contributed by atoms with Crippen LogP contribution in [0.2, 0.25) is 0 Å². The predicted octanol–water partition coefficient (Wildman–Crippen LogP) is 3.36. The molecule has 106 valence electrons. The van der Waals surface area contributed by atoms with E-state index in [1.165, 1.54) is 11.3 Å². The summed E-state index contributed by atoms with van der Waals surface area (Å²) >= 11 is 3.00. The van der Waals surface area contributed by atoms with E-state index in [0.717, 1.165) is 21.5 Å². The van der Waals surface area contributed by atoms with E-state index < -0.39 is 0 Å². The van der Waals surface area contributed by atoms with Crippen LogP contribution in [0.25, 0.3) is 0 Å². The maximum absolute atomic E-state index is 10.9. The number of thioether (sulfide) groups is 1. The largest absolute Gasteiger partial charge is 0.495 e. The summed E-state index contributed by atoms with van der Waals surface area (Å²) in [4.78, 5) is 10.9. The van der Waals surface area contributed by atoms with E-state index in [4.69, 9.17) is 4.74 Å². The molecular weight excluding hydrogens is 294 g/mol. The maximum Gasteiger partial charge on any atom is 0.210 e. The molecule has 1 N–H and O–H groups in total. The third-order valence-electron chi connectivity index (χ3n) is 2.43. The van der Waals surface area contributed by atoms with Gasteiger partial charge < -0.3 is 10.1 Å². The number of rotatable bonds is 7. The number of carbonyl (C=O) groups is 1. The normalized spacial score (nSPS) is 10.3. The molecule has 1 aromatic heterocycles. The molecule has 0 saturated heterocycles. The Hall–Kier alpha value is -1.60. The van der Waals surface area contributed by atoms with Gasteiger partial charge in [0.15, 0.2) is 4.34 Å². The molecule has 2 aromatic rings. The first-order valence-corrected chi connectivity index (χ1v) is 7.85. The number of methoxy groups -OCH3 is 1. The van der Waals surface area contributed by atoms with Crippen molar-refractivity contribution in [2.75, 3.05) is 18.2 Å². The highest BCUT2D eigenvalue weighted by atomic mass is 32.2. The van der Waals surface area contributed by atoms with Gasteiger partial charge in [-0.1, -0.05) is 35.2 Å². The standard InChI is InChI=1S/C13H15N3O2S2/c1-9(17)7-8-19-13-16-15-12(20-13)14-10-5-3-4-6-11(10)18-2/h3-6H,7-8H2,1-2H3,(H,14,15). The summed E-state index contributed by atoms with van der Waals surface area (Å²) in [6, 6.07) is 7.64. The van der Waals surface area contributed by atoms with Crippen LogP contribution in [0.3, 0.4) is 0 Å². The van der Waals surface area contributed by atoms with E-state index >= 15 is 0 Å². The lowest BCUT2D eigenvalue weighted by molar-refractivity contribution is -0.116. The molecule has 0 aliphatic heterocycles. The van der Waals surface area contributed by atoms with Gasteiger partial charge in [-0.15, -0.1) is 10.2 Å². The molecule has 0 saturated carbocycles. The molecule has 2 rings (SSSR count). The second-order valence-corrected chi connectivity index (χ2v) is 6.32. The summed E-state index contributed by atoms with van der Waals surface area (Å²) in [6.45, 7) is 1.59. The molecule has 0 atom stereocenters. The molecule has 20 heavy (non-hydrogen) atoms. The highest BCUT2D eigenvalue weighted by molar-refractivity contribution is 8.01. The summed E-state index contributed by atoms with van der Waals surface area (Å²) in [5.74, 6) is 1.68. The first-order chi connectivity index (χ1) is 9.69. The monoisotopic (exact) mass is 309 g/mol. The number of aromatic nitrogens is 2. The predicted molar refractivity (Wildman–Crippen MR) is 82.2 cm³/mol. The van der Waals surface area contributed by atoms with Crippen LogP contribution in [0.5, 0.6) is 5.75 Å². The third kappa shape index (κ3) is 4.21. The van der Waals surface area contributed by atoms with Gasteiger partial charge in [0.2, 0.25) is 5.13 Å². The van der Waals surface area contributed by atoms with Crippen molar-refractivity contribution in [3.63, 3.8) is 0 Å². The zero-order valence-corrected chi connectivity index (χ0v) is 12.9. The number of nitrogens with one attached hydrogen (secondary N) is 1. The summed E-state index contributed by atoms with van der Waals surface area (Å²) < 4.78 is 6.12. The lowest BCUT2D eigenvalue weighted by Gasteiger charge is -2.07. The fraction of sp³-hybridized carbons (Fsp3) is 0.308. The van der Waals surface area contributed by atoms with Crippen LogP contribution >= 0.6 is 23.1 Å². The smallest absolute Gasteiger partial charge is 0.210 e. The highest BCUT2D eigenvalue weighted by Gasteiger charge is 2.08. The van der Waals surface area contributed by atoms with Gasteiger partial charge in [0.25, 0.3) is 0 Å². The number of carbonyl (C=O) groups excluding carboxylic acids is 1. The van der Waals surface area contributed by atoms with Crippen molar-refractivity contribution in [1.29, 1.82) is 0 Å². The number of Topliss-reactive ketones (excluding diaryl/α,β-unsaturated/α-hetero) is 1. The van der Waals surface area contributed by atoms with Crippen molar-refractivity contribution >= 4 is 39.7 Å². The van der Waals surface area contributed by atoms with Crippen LogP contribution in [0.4, 0.5) is 10.8 Å². The molecule has 7 heteroatoms. The SMILES string of the molecule is COc1ccccc1Nc1nnc(SCCC(C)=O)s1. The quantitative estimate of drug-likeness (QED) is 0.791. The first-order valence-electron chi connectivity index (χ1n) is 6.05. The van der Waals surface area contributed by atoms with Gasteiger partial charge in [-0.3, -0.25) is 4.79 Å². The summed E-state index contributed by atoms with van der Waals surface area (Å²) in [7, 11) is 1.63. The second-order valence-electron chi connectivity index (χ2n) is 4.00. The number of hydrogen-bond donors (Lipinski definition) is 1. The molecule has 0 amide bonds. The van der Waals surface area contributed by atoms with Gasteiger partial charge in [0, 0.05) is 12.2 Å². The van der Waals surface area contributed by atoms with Crippen molar-refractivity contribution in [2.24, 2.45) is 0 Å². The lowest BCUT2D eigenvalue weighted by Crippen LogP contribution is -1.93. The Morgan fingerprint density at radius 2 is 2.20 bits per heavy atom. The Morgan fingerprint density at radius 1 is 1.40 bits per heavy atom. The van der Waals surface area contributed by atoms with Gasteiger partial charge >= 0.3 is 0 Å². The van der Waals surface area contributed by atoms with Crippen molar-refractivity contribution < 1.29 is 9.53 Å². The average molecular weight is 309 g/mol. The maximum atomic E-state index is 10.9. The fourth-order valence-corrected chi connectivity index (χ4v) is 3.34. The number of para-hydroxylation sites is 2. The molecule has 0 bridgehead atoms. The lowest BCUT2D eigenvalue weighted by atomic mass is 10.3. The number of nitrogens with zero attached hydrogens (tertiary/aromatic N) is 2. The van der Waals surface area contributed by atoms with Crippen molar-refractivity contribution in [3.05, 3.63) is 24.3 Å². The number of ether oxygens (including phenoxy) is 1. The van der Waals surface area contributed by atoms with Gasteiger partial charge in [-0.05, 0) is 19.1 Å². The van der Waals surface area contributed by atoms with Crippen molar-refractivity contribution in [3.8, 4) is 5.75 Å². The van der Waals surface area contributed by atoms with Crippen LogP contribution in [-0.2, 0) is 4.79 Å². The minimum Gasteiger partial charge on any atom is -0.495 e. The van der Waals surface area contributed by atoms with E-state index in [1.807, 2.05) is 24.3 Å². The summed E-state index contributed by atoms with van der Waals surface area (Å²) in [5.41, 5.74) is 0.853. The van der Waals surface area contributed by atoms with E-state index in [-0.39, 0.29) is 5.78 Å². The average Bonchev–Trinajstić information content (AvgIpc) is 2.86. The molecule has 0 aliphatic rings. The van der Waals surface area contributed by atoms with Crippen LogP contribution < -0.4 is 10.1 Å². The minimum absolute atomic E-state index is 0.189. The van der Waals surface area contributed by atoms with Crippen LogP contribution in [-0.4, -0.2) is 28.8 Å². The molecule has 1 aromatic carbocycles. The van der Waals surface area contributed by atoms with Gasteiger partial charge in [0.1, 0.15) is 11.5 Å². The number of ketones is 1. The fourth-order valence-electron chi connectivity index (χ4n) is 1.46. The van der Waals surface area contributed by atoms with E-state index in [2.05, 4.69) is 15.5 Å². The number of hydrogen-bond acceptors (Lipinski definition) is 7. The molecule has 1 heterocycles. The number of anilines is 2. The molecule has 5 nitrogen and oxygen atoms in total. The van der Waals surface area contributed by atoms with E-state index in [9.17, 15) is 4.79 Å². The minimum atomic E-state index is 0.189. The molecule has 0 aliphatic carbocycles. The van der Waals surface area contributed by atoms with Crippen molar-refractivity contribution in [1.82, 2.24) is 10.2 Å². The van der Waals surface area contributed by atoms with Gasteiger partial charge in [0.05, 0.1) is 12.8 Å². The van der Waals surface area contributed by atoms with Gasteiger partial charge in [-0.2, -0.15) is 0 Å². The van der Waals surface area contributed by atoms with E-state index in [1.54, 1.807) is 25.8 Å². The summed E-state index contributed by atoms with van der Waals surface area (Å²) in [5, 5.41) is 12.1. The van der Waals surface area contributed by atoms with E-state index in [0.29, 0.717) is 11.6 Å². The zero-order chi connectivity index (χ0) is 14.4. The Labute approximate surface area is 125 Å². The molecule has 0 radical (unpaired) electrons. The topological polar surface area (TPSA) is 64.1 Å². The van der Waals surface area contributed by atoms with Crippen LogP contribution in [0.15, 0.2) is 28.6 Å². The summed E-state index contributed by atoms with van der Waals surface area (Å²) in [6.07, 6.45) is 0.555. The Bertz CT molecular complexity index is 587. The Balaban J connectivity index is 1.97. The second kappa shape index (κ2) is 7.25. The zero-order valence-electron chi connectivity index (χ0n) is 11.3. The van der Waals surface area contributed by atoms with Gasteiger partial charge in [-0.25, -0.2) is 0 Å². The van der Waals surface area contributed by atoms with Crippen LogP contribution in [0.1, 0.15) is 13.3 Å².